The Morgan fingerprint density at radius 1 is 0.404 bits per heavy atom. The number of aromatic nitrogens is 4. The highest BCUT2D eigenvalue weighted by molar-refractivity contribution is 6.29. The topological polar surface area (TPSA) is 61.9 Å². The molecule has 0 amide bonds. The van der Waals surface area contributed by atoms with Gasteiger partial charge in [0.25, 0.3) is 0 Å². The standard InChI is InChI=1S/C46H26N4O2/c1-3-14-36-32(11-1)42-38(49(36)28-10-7-9-27(25-28)35-13-5-6-23-47-35)20-18-30-31-19-21-39-43(46(31)52-45(30)42)33-12-2-4-15-37(33)50(39)29-17-22-40-34(26-29)44-41(51-40)16-8-24-48-44/h1-26H. The van der Waals surface area contributed by atoms with Crippen molar-refractivity contribution in [1.82, 2.24) is 19.1 Å². The molecule has 6 heteroatoms. The van der Waals surface area contributed by atoms with Gasteiger partial charge in [0.15, 0.2) is 5.58 Å². The average molecular weight is 667 g/mol. The van der Waals surface area contributed by atoms with E-state index in [0.29, 0.717) is 0 Å². The van der Waals surface area contributed by atoms with Crippen molar-refractivity contribution >= 4 is 87.6 Å². The van der Waals surface area contributed by atoms with E-state index in [1.54, 1.807) is 0 Å². The van der Waals surface area contributed by atoms with Gasteiger partial charge in [0.2, 0.25) is 0 Å². The molecule has 242 valence electrons. The molecule has 0 radical (unpaired) electrons. The van der Waals surface area contributed by atoms with Crippen LogP contribution in [0.1, 0.15) is 0 Å². The second-order valence-corrected chi connectivity index (χ2v) is 13.4. The average Bonchev–Trinajstić information content (AvgIpc) is 3.95. The van der Waals surface area contributed by atoms with Crippen molar-refractivity contribution in [2.24, 2.45) is 0 Å². The van der Waals surface area contributed by atoms with Crippen molar-refractivity contribution in [3.63, 3.8) is 0 Å². The number of para-hydroxylation sites is 2. The van der Waals surface area contributed by atoms with E-state index in [9.17, 15) is 0 Å². The molecule has 0 bridgehead atoms. The lowest BCUT2D eigenvalue weighted by Crippen LogP contribution is -1.94. The molecule has 0 atom stereocenters. The van der Waals surface area contributed by atoms with Crippen LogP contribution < -0.4 is 0 Å². The number of fused-ring (bicyclic) bond motifs is 14. The van der Waals surface area contributed by atoms with Crippen molar-refractivity contribution in [2.75, 3.05) is 0 Å². The zero-order chi connectivity index (χ0) is 33.9. The minimum Gasteiger partial charge on any atom is -0.455 e. The quantitative estimate of drug-likeness (QED) is 0.188. The first-order chi connectivity index (χ1) is 25.8. The van der Waals surface area contributed by atoms with Gasteiger partial charge in [-0.25, -0.2) is 0 Å². The van der Waals surface area contributed by atoms with E-state index in [4.69, 9.17) is 8.83 Å². The lowest BCUT2D eigenvalue weighted by molar-refractivity contribution is 0.668. The molecule has 6 aromatic carbocycles. The minimum atomic E-state index is 0.787. The molecule has 6 heterocycles. The summed E-state index contributed by atoms with van der Waals surface area (Å²) in [6.07, 6.45) is 3.66. The van der Waals surface area contributed by atoms with Gasteiger partial charge >= 0.3 is 0 Å². The van der Waals surface area contributed by atoms with Crippen molar-refractivity contribution in [2.45, 2.75) is 0 Å². The molecule has 0 aliphatic carbocycles. The molecule has 6 aromatic heterocycles. The number of pyridine rings is 2. The lowest BCUT2D eigenvalue weighted by Gasteiger charge is -2.10. The molecule has 0 aliphatic heterocycles. The molecule has 0 spiro atoms. The predicted octanol–water partition coefficient (Wildman–Crippen LogP) is 12.1. The Balaban J connectivity index is 1.14. The monoisotopic (exact) mass is 666 g/mol. The number of hydrogen-bond donors (Lipinski definition) is 0. The van der Waals surface area contributed by atoms with Crippen LogP contribution in [0.3, 0.4) is 0 Å². The predicted molar refractivity (Wildman–Crippen MR) is 211 cm³/mol. The molecule has 0 saturated heterocycles. The van der Waals surface area contributed by atoms with Gasteiger partial charge in [-0.05, 0) is 91.0 Å². The van der Waals surface area contributed by atoms with Crippen LogP contribution >= 0.6 is 0 Å². The number of nitrogens with zero attached hydrogens (tertiary/aromatic N) is 4. The van der Waals surface area contributed by atoms with E-state index in [1.165, 1.54) is 0 Å². The summed E-state index contributed by atoms with van der Waals surface area (Å²) in [4.78, 5) is 9.26. The van der Waals surface area contributed by atoms with Crippen LogP contribution in [0.4, 0.5) is 0 Å². The van der Waals surface area contributed by atoms with Crippen LogP contribution in [0.25, 0.3) is 110 Å². The highest BCUT2D eigenvalue weighted by Gasteiger charge is 2.23. The number of rotatable bonds is 3. The number of hydrogen-bond acceptors (Lipinski definition) is 4. The molecule has 0 unspecified atom stereocenters. The summed E-state index contributed by atoms with van der Waals surface area (Å²) in [5.41, 5.74) is 12.8. The van der Waals surface area contributed by atoms with Crippen LogP contribution in [0.5, 0.6) is 0 Å². The molecule has 6 nitrogen and oxygen atoms in total. The second-order valence-electron chi connectivity index (χ2n) is 13.4. The summed E-state index contributed by atoms with van der Waals surface area (Å²) in [6, 6.07) is 51.0. The van der Waals surface area contributed by atoms with E-state index in [1.807, 2.05) is 42.7 Å². The third-order valence-corrected chi connectivity index (χ3v) is 10.6. The Morgan fingerprint density at radius 3 is 1.79 bits per heavy atom. The summed E-state index contributed by atoms with van der Waals surface area (Å²) in [5.74, 6) is 0. The highest BCUT2D eigenvalue weighted by Crippen LogP contribution is 2.45. The zero-order valence-corrected chi connectivity index (χ0v) is 27.6. The lowest BCUT2D eigenvalue weighted by atomic mass is 10.1. The Hall–Kier alpha value is -7.18. The van der Waals surface area contributed by atoms with E-state index < -0.39 is 0 Å². The minimum absolute atomic E-state index is 0.787. The zero-order valence-electron chi connectivity index (χ0n) is 27.6. The van der Waals surface area contributed by atoms with Crippen molar-refractivity contribution in [3.05, 3.63) is 158 Å². The summed E-state index contributed by atoms with van der Waals surface area (Å²) < 4.78 is 17.9. The van der Waals surface area contributed by atoms with Gasteiger partial charge in [0, 0.05) is 56.3 Å². The Morgan fingerprint density at radius 2 is 1.08 bits per heavy atom. The first-order valence-corrected chi connectivity index (χ1v) is 17.4. The Labute approximate surface area is 295 Å². The van der Waals surface area contributed by atoms with Crippen LogP contribution in [0, 0.1) is 0 Å². The van der Waals surface area contributed by atoms with Gasteiger partial charge in [-0.2, -0.15) is 0 Å². The maximum Gasteiger partial charge on any atom is 0.153 e. The van der Waals surface area contributed by atoms with E-state index in [0.717, 1.165) is 110 Å². The van der Waals surface area contributed by atoms with E-state index in [2.05, 4.69) is 134 Å². The van der Waals surface area contributed by atoms with Crippen LogP contribution in [0.15, 0.2) is 167 Å². The molecule has 52 heavy (non-hydrogen) atoms. The highest BCUT2D eigenvalue weighted by atomic mass is 16.3. The number of furan rings is 2. The van der Waals surface area contributed by atoms with Gasteiger partial charge < -0.3 is 18.0 Å². The summed E-state index contributed by atoms with van der Waals surface area (Å²) in [6.45, 7) is 0. The third-order valence-electron chi connectivity index (χ3n) is 10.6. The number of benzene rings is 6. The molecule has 12 rings (SSSR count). The fourth-order valence-electron chi connectivity index (χ4n) is 8.41. The maximum atomic E-state index is 7.14. The van der Waals surface area contributed by atoms with Crippen molar-refractivity contribution in [3.8, 4) is 22.6 Å². The fourth-order valence-corrected chi connectivity index (χ4v) is 8.41. The van der Waals surface area contributed by atoms with Gasteiger partial charge in [0.05, 0.1) is 38.5 Å². The van der Waals surface area contributed by atoms with Crippen LogP contribution in [-0.4, -0.2) is 19.1 Å². The van der Waals surface area contributed by atoms with Crippen LogP contribution in [0.2, 0.25) is 0 Å². The Kier molecular flexibility index (Phi) is 5.41. The first kappa shape index (κ1) is 27.6. The smallest absolute Gasteiger partial charge is 0.153 e. The summed E-state index contributed by atoms with van der Waals surface area (Å²) in [7, 11) is 0. The first-order valence-electron chi connectivity index (χ1n) is 17.4. The van der Waals surface area contributed by atoms with E-state index in [-0.39, 0.29) is 0 Å². The largest absolute Gasteiger partial charge is 0.455 e. The summed E-state index contributed by atoms with van der Waals surface area (Å²) >= 11 is 0. The maximum absolute atomic E-state index is 7.14. The van der Waals surface area contributed by atoms with Crippen molar-refractivity contribution in [1.29, 1.82) is 0 Å². The molecule has 0 saturated carbocycles. The third kappa shape index (κ3) is 3.67. The van der Waals surface area contributed by atoms with Gasteiger partial charge in [0.1, 0.15) is 22.3 Å². The molecular weight excluding hydrogens is 641 g/mol. The van der Waals surface area contributed by atoms with Gasteiger partial charge in [-0.15, -0.1) is 0 Å². The van der Waals surface area contributed by atoms with Gasteiger partial charge in [-0.3, -0.25) is 9.97 Å². The van der Waals surface area contributed by atoms with E-state index >= 15 is 0 Å². The normalized spacial score (nSPS) is 12.2. The fraction of sp³-hybridized carbons (Fsp3) is 0. The molecule has 0 fully saturated rings. The molecule has 0 N–H and O–H groups in total. The molecule has 12 aromatic rings. The summed E-state index contributed by atoms with van der Waals surface area (Å²) in [5, 5.41) is 7.69. The van der Waals surface area contributed by atoms with Gasteiger partial charge in [-0.1, -0.05) is 54.6 Å². The second kappa shape index (κ2) is 10.2. The van der Waals surface area contributed by atoms with Crippen LogP contribution in [-0.2, 0) is 0 Å². The Bertz CT molecular complexity index is 3420. The SMILES string of the molecule is c1ccc(-c2cccc(-n3c4ccccc4c4c5oc6c(ccc7c6c6ccccc6n7-c6ccc7oc8cccnc8c7c6)c5ccc43)c2)nc1. The molecular formula is C46H26N4O2. The van der Waals surface area contributed by atoms with Crippen molar-refractivity contribution < 1.29 is 8.83 Å². The molecule has 0 aliphatic rings.